The van der Waals surface area contributed by atoms with E-state index in [0.717, 1.165) is 28.1 Å². The summed E-state index contributed by atoms with van der Waals surface area (Å²) < 4.78 is 0. The van der Waals surface area contributed by atoms with Gasteiger partial charge in [0.05, 0.1) is 0 Å². The Morgan fingerprint density at radius 3 is 2.58 bits per heavy atom. The molecule has 0 aliphatic heterocycles. The van der Waals surface area contributed by atoms with E-state index < -0.39 is 0 Å². The molecule has 0 spiro atoms. The maximum Gasteiger partial charge on any atom is 0.163 e. The van der Waals surface area contributed by atoms with Crippen molar-refractivity contribution in [3.8, 4) is 0 Å². The molecule has 2 heteroatoms. The van der Waals surface area contributed by atoms with E-state index in [1.807, 2.05) is 56.3 Å². The maximum absolute atomic E-state index is 12.2. The molecule has 19 heavy (non-hydrogen) atoms. The highest BCUT2D eigenvalue weighted by Gasteiger charge is 2.09. The Hall–Kier alpha value is -1.60. The quantitative estimate of drug-likeness (QED) is 0.733. The fourth-order valence-electron chi connectivity index (χ4n) is 2.21. The molecular formula is C17H17ClO. The number of benzene rings is 2. The van der Waals surface area contributed by atoms with E-state index in [1.54, 1.807) is 0 Å². The summed E-state index contributed by atoms with van der Waals surface area (Å²) in [5, 5.41) is 0.719. The summed E-state index contributed by atoms with van der Waals surface area (Å²) in [5.74, 6) is 0.192. The van der Waals surface area contributed by atoms with Crippen LogP contribution in [0.25, 0.3) is 0 Å². The summed E-state index contributed by atoms with van der Waals surface area (Å²) in [6.07, 6.45) is 1.25. The Labute approximate surface area is 119 Å². The van der Waals surface area contributed by atoms with Gasteiger partial charge in [0.1, 0.15) is 0 Å². The molecule has 2 aromatic carbocycles. The van der Waals surface area contributed by atoms with Crippen molar-refractivity contribution < 1.29 is 4.79 Å². The van der Waals surface area contributed by atoms with Crippen LogP contribution in [0, 0.1) is 13.8 Å². The summed E-state index contributed by atoms with van der Waals surface area (Å²) >= 11 is 5.93. The maximum atomic E-state index is 12.2. The lowest BCUT2D eigenvalue weighted by molar-refractivity contribution is 0.0982. The Morgan fingerprint density at radius 1 is 1.11 bits per heavy atom. The monoisotopic (exact) mass is 272 g/mol. The van der Waals surface area contributed by atoms with Crippen LogP contribution in [0.1, 0.15) is 33.5 Å². The molecule has 0 fully saturated rings. The first-order valence-corrected chi connectivity index (χ1v) is 6.79. The highest BCUT2D eigenvalue weighted by molar-refractivity contribution is 6.30. The Morgan fingerprint density at radius 2 is 1.89 bits per heavy atom. The normalized spacial score (nSPS) is 10.5. The molecule has 0 heterocycles. The molecular weight excluding hydrogens is 256 g/mol. The minimum Gasteiger partial charge on any atom is -0.294 e. The Balaban J connectivity index is 2.05. The van der Waals surface area contributed by atoms with Gasteiger partial charge < -0.3 is 0 Å². The fourth-order valence-corrected chi connectivity index (χ4v) is 2.42. The van der Waals surface area contributed by atoms with E-state index in [1.165, 1.54) is 5.56 Å². The van der Waals surface area contributed by atoms with Crippen LogP contribution in [-0.4, -0.2) is 5.78 Å². The molecule has 0 bridgehead atoms. The average molecular weight is 273 g/mol. The number of aryl methyl sites for hydroxylation is 3. The van der Waals surface area contributed by atoms with Crippen molar-refractivity contribution in [3.63, 3.8) is 0 Å². The average Bonchev–Trinajstić information content (AvgIpc) is 2.36. The summed E-state index contributed by atoms with van der Waals surface area (Å²) in [6, 6.07) is 13.6. The number of ketones is 1. The van der Waals surface area contributed by atoms with Crippen LogP contribution in [-0.2, 0) is 6.42 Å². The van der Waals surface area contributed by atoms with Crippen molar-refractivity contribution in [2.24, 2.45) is 0 Å². The second-order valence-electron chi connectivity index (χ2n) is 4.87. The molecule has 0 N–H and O–H groups in total. The third-order valence-electron chi connectivity index (χ3n) is 3.21. The van der Waals surface area contributed by atoms with Crippen LogP contribution >= 0.6 is 11.6 Å². The molecule has 0 saturated carbocycles. The van der Waals surface area contributed by atoms with Crippen molar-refractivity contribution >= 4 is 17.4 Å². The smallest absolute Gasteiger partial charge is 0.163 e. The zero-order valence-corrected chi connectivity index (χ0v) is 12.0. The van der Waals surface area contributed by atoms with Gasteiger partial charge in [-0.3, -0.25) is 4.79 Å². The van der Waals surface area contributed by atoms with Crippen molar-refractivity contribution in [2.75, 3.05) is 0 Å². The molecule has 0 atom stereocenters. The van der Waals surface area contributed by atoms with Crippen LogP contribution in [0.15, 0.2) is 42.5 Å². The minimum atomic E-state index is 0.192. The van der Waals surface area contributed by atoms with Crippen LogP contribution < -0.4 is 0 Å². The van der Waals surface area contributed by atoms with E-state index in [4.69, 9.17) is 11.6 Å². The highest BCUT2D eigenvalue weighted by Crippen LogP contribution is 2.16. The van der Waals surface area contributed by atoms with Gasteiger partial charge in [0.2, 0.25) is 0 Å². The molecule has 0 unspecified atom stereocenters. The van der Waals surface area contributed by atoms with Gasteiger partial charge in [-0.05, 0) is 43.5 Å². The third kappa shape index (κ3) is 3.68. The van der Waals surface area contributed by atoms with Crippen molar-refractivity contribution in [1.29, 1.82) is 0 Å². The van der Waals surface area contributed by atoms with E-state index in [9.17, 15) is 4.79 Å². The lowest BCUT2D eigenvalue weighted by Gasteiger charge is -2.06. The number of Topliss-reactive ketones (excluding diaryl/α,β-unsaturated/α-hetero) is 1. The number of hydrogen-bond donors (Lipinski definition) is 0. The molecule has 0 saturated heterocycles. The topological polar surface area (TPSA) is 17.1 Å². The third-order valence-corrected chi connectivity index (χ3v) is 3.45. The molecule has 0 aromatic heterocycles. The predicted octanol–water partition coefficient (Wildman–Crippen LogP) is 4.77. The molecule has 0 aliphatic carbocycles. The van der Waals surface area contributed by atoms with Crippen LogP contribution in [0.2, 0.25) is 5.02 Å². The number of carbonyl (C=O) groups excluding carboxylic acids is 1. The van der Waals surface area contributed by atoms with Crippen LogP contribution in [0.3, 0.4) is 0 Å². The zero-order chi connectivity index (χ0) is 13.8. The number of hydrogen-bond acceptors (Lipinski definition) is 1. The number of rotatable bonds is 4. The van der Waals surface area contributed by atoms with Crippen molar-refractivity contribution in [3.05, 3.63) is 69.7 Å². The first-order chi connectivity index (χ1) is 9.06. The molecule has 98 valence electrons. The fraction of sp³-hybridized carbons (Fsp3) is 0.235. The molecule has 0 aliphatic rings. The number of carbonyl (C=O) groups is 1. The van der Waals surface area contributed by atoms with E-state index in [0.29, 0.717) is 6.42 Å². The van der Waals surface area contributed by atoms with Crippen molar-refractivity contribution in [1.82, 2.24) is 0 Å². The number of halogens is 1. The van der Waals surface area contributed by atoms with Gasteiger partial charge in [-0.15, -0.1) is 0 Å². The second-order valence-corrected chi connectivity index (χ2v) is 5.31. The SMILES string of the molecule is Cc1ccc(C(=O)CCc2cccc(Cl)c2)c(C)c1. The van der Waals surface area contributed by atoms with Gasteiger partial charge in [0.15, 0.2) is 5.78 Å². The predicted molar refractivity (Wildman–Crippen MR) is 80.0 cm³/mol. The largest absolute Gasteiger partial charge is 0.294 e. The summed E-state index contributed by atoms with van der Waals surface area (Å²) in [7, 11) is 0. The second kappa shape index (κ2) is 6.03. The molecule has 0 amide bonds. The van der Waals surface area contributed by atoms with Gasteiger partial charge in [0.25, 0.3) is 0 Å². The van der Waals surface area contributed by atoms with E-state index in [-0.39, 0.29) is 5.78 Å². The summed E-state index contributed by atoms with van der Waals surface area (Å²) in [6.45, 7) is 4.02. The molecule has 2 aromatic rings. The van der Waals surface area contributed by atoms with E-state index >= 15 is 0 Å². The molecule has 2 rings (SSSR count). The van der Waals surface area contributed by atoms with Crippen LogP contribution in [0.4, 0.5) is 0 Å². The Kier molecular flexibility index (Phi) is 4.39. The summed E-state index contributed by atoms with van der Waals surface area (Å²) in [5.41, 5.74) is 4.17. The molecule has 1 nitrogen and oxygen atoms in total. The van der Waals surface area contributed by atoms with Gasteiger partial charge >= 0.3 is 0 Å². The van der Waals surface area contributed by atoms with Gasteiger partial charge in [-0.2, -0.15) is 0 Å². The van der Waals surface area contributed by atoms with Crippen LogP contribution in [0.5, 0.6) is 0 Å². The lowest BCUT2D eigenvalue weighted by atomic mass is 9.98. The first kappa shape index (κ1) is 13.8. The minimum absolute atomic E-state index is 0.192. The van der Waals surface area contributed by atoms with E-state index in [2.05, 4.69) is 0 Å². The van der Waals surface area contributed by atoms with Gasteiger partial charge in [-0.1, -0.05) is 47.5 Å². The van der Waals surface area contributed by atoms with Gasteiger partial charge in [-0.25, -0.2) is 0 Å². The zero-order valence-electron chi connectivity index (χ0n) is 11.2. The van der Waals surface area contributed by atoms with Gasteiger partial charge in [0, 0.05) is 17.0 Å². The lowest BCUT2D eigenvalue weighted by Crippen LogP contribution is -2.03. The highest BCUT2D eigenvalue weighted by atomic mass is 35.5. The van der Waals surface area contributed by atoms with Crippen molar-refractivity contribution in [2.45, 2.75) is 26.7 Å². The molecule has 0 radical (unpaired) electrons. The standard InChI is InChI=1S/C17H17ClO/c1-12-6-8-16(13(2)10-12)17(19)9-7-14-4-3-5-15(18)11-14/h3-6,8,10-11H,7,9H2,1-2H3. The Bertz CT molecular complexity index is 602. The first-order valence-electron chi connectivity index (χ1n) is 6.41. The summed E-state index contributed by atoms with van der Waals surface area (Å²) in [4.78, 5) is 12.2.